The van der Waals surface area contributed by atoms with Gasteiger partial charge in [-0.15, -0.1) is 11.8 Å². The SMILES string of the molecule is COc1ccccc1CNC(=O)[C@@H](C)[C@@H]1Sc2ccccc2N(Cc2cccc(Cl)c2)C1=O. The molecule has 4 rings (SSSR count). The zero-order chi connectivity index (χ0) is 23.4. The maximum absolute atomic E-state index is 13.6. The number of thioether (sulfide) groups is 1. The van der Waals surface area contributed by atoms with Crippen LogP contribution in [0.4, 0.5) is 5.69 Å². The Morgan fingerprint density at radius 2 is 1.88 bits per heavy atom. The van der Waals surface area contributed by atoms with Gasteiger partial charge in [-0.2, -0.15) is 0 Å². The Balaban J connectivity index is 1.53. The molecule has 1 N–H and O–H groups in total. The molecule has 0 saturated heterocycles. The summed E-state index contributed by atoms with van der Waals surface area (Å²) in [4.78, 5) is 29.3. The van der Waals surface area contributed by atoms with Crippen molar-refractivity contribution in [3.8, 4) is 5.75 Å². The summed E-state index contributed by atoms with van der Waals surface area (Å²) in [6.45, 7) is 2.53. The number of nitrogens with zero attached hydrogens (tertiary/aromatic N) is 1. The van der Waals surface area contributed by atoms with Gasteiger partial charge in [0.25, 0.3) is 0 Å². The van der Waals surface area contributed by atoms with E-state index >= 15 is 0 Å². The molecule has 5 nitrogen and oxygen atoms in total. The van der Waals surface area contributed by atoms with Gasteiger partial charge < -0.3 is 15.0 Å². The predicted octanol–water partition coefficient (Wildman–Crippen LogP) is 5.31. The summed E-state index contributed by atoms with van der Waals surface area (Å²) in [7, 11) is 1.60. The van der Waals surface area contributed by atoms with E-state index in [1.165, 1.54) is 11.8 Å². The summed E-state index contributed by atoms with van der Waals surface area (Å²) in [5.74, 6) is -0.0601. The van der Waals surface area contributed by atoms with E-state index < -0.39 is 11.2 Å². The average molecular weight is 481 g/mol. The summed E-state index contributed by atoms with van der Waals surface area (Å²) in [6.07, 6.45) is 0. The van der Waals surface area contributed by atoms with Crippen LogP contribution in [0.5, 0.6) is 5.75 Å². The number of carbonyl (C=O) groups is 2. The Morgan fingerprint density at radius 3 is 2.67 bits per heavy atom. The number of nitrogens with one attached hydrogen (secondary N) is 1. The summed E-state index contributed by atoms with van der Waals surface area (Å²) in [5.41, 5.74) is 2.67. The number of rotatable bonds is 7. The number of halogens is 1. The van der Waals surface area contributed by atoms with Crippen molar-refractivity contribution < 1.29 is 14.3 Å². The van der Waals surface area contributed by atoms with Crippen LogP contribution in [0, 0.1) is 5.92 Å². The highest BCUT2D eigenvalue weighted by Gasteiger charge is 2.39. The Morgan fingerprint density at radius 1 is 1.12 bits per heavy atom. The molecule has 33 heavy (non-hydrogen) atoms. The lowest BCUT2D eigenvalue weighted by Gasteiger charge is -2.35. The molecule has 0 unspecified atom stereocenters. The van der Waals surface area contributed by atoms with Gasteiger partial charge in [0.15, 0.2) is 0 Å². The number of ether oxygens (including phenoxy) is 1. The van der Waals surface area contributed by atoms with Crippen LogP contribution in [0.1, 0.15) is 18.1 Å². The molecule has 0 spiro atoms. The quantitative estimate of drug-likeness (QED) is 0.498. The Labute approximate surface area is 203 Å². The summed E-state index contributed by atoms with van der Waals surface area (Å²) < 4.78 is 5.36. The van der Waals surface area contributed by atoms with Crippen LogP contribution in [-0.2, 0) is 22.7 Å². The van der Waals surface area contributed by atoms with E-state index in [1.807, 2.05) is 72.8 Å². The molecule has 2 amide bonds. The van der Waals surface area contributed by atoms with E-state index in [-0.39, 0.29) is 11.8 Å². The van der Waals surface area contributed by atoms with Gasteiger partial charge in [-0.1, -0.05) is 61.0 Å². The number of para-hydroxylation sites is 2. The third-order valence-corrected chi connectivity index (χ3v) is 7.36. The zero-order valence-corrected chi connectivity index (χ0v) is 20.0. The van der Waals surface area contributed by atoms with Gasteiger partial charge in [0.2, 0.25) is 11.8 Å². The molecule has 2 atom stereocenters. The van der Waals surface area contributed by atoms with Crippen molar-refractivity contribution in [1.82, 2.24) is 5.32 Å². The molecule has 3 aromatic carbocycles. The largest absolute Gasteiger partial charge is 0.496 e. The molecule has 1 aliphatic rings. The lowest BCUT2D eigenvalue weighted by atomic mass is 10.0. The molecule has 7 heteroatoms. The number of hydrogen-bond donors (Lipinski definition) is 1. The van der Waals surface area contributed by atoms with Crippen LogP contribution in [-0.4, -0.2) is 24.2 Å². The van der Waals surface area contributed by atoms with Crippen molar-refractivity contribution in [2.24, 2.45) is 5.92 Å². The van der Waals surface area contributed by atoms with Gasteiger partial charge in [-0.3, -0.25) is 9.59 Å². The van der Waals surface area contributed by atoms with Crippen LogP contribution in [0.15, 0.2) is 77.7 Å². The fourth-order valence-corrected chi connectivity index (χ4v) is 5.36. The predicted molar refractivity (Wildman–Crippen MR) is 133 cm³/mol. The molecular weight excluding hydrogens is 456 g/mol. The normalized spacial score (nSPS) is 16.2. The molecular formula is C26H25ClN2O3S. The highest BCUT2D eigenvalue weighted by Crippen LogP contribution is 2.42. The smallest absolute Gasteiger partial charge is 0.241 e. The molecule has 0 aliphatic carbocycles. The van der Waals surface area contributed by atoms with E-state index in [1.54, 1.807) is 18.9 Å². The third kappa shape index (κ3) is 5.18. The number of hydrogen-bond acceptors (Lipinski definition) is 4. The van der Waals surface area contributed by atoms with Gasteiger partial charge in [0, 0.05) is 22.0 Å². The minimum absolute atomic E-state index is 0.0846. The minimum atomic E-state index is -0.531. The number of benzene rings is 3. The molecule has 3 aromatic rings. The highest BCUT2D eigenvalue weighted by molar-refractivity contribution is 8.01. The Kier molecular flexibility index (Phi) is 7.26. The standard InChI is InChI=1S/C26H25ClN2O3S/c1-17(25(30)28-15-19-9-3-5-12-22(19)32-2)24-26(31)29(16-18-8-7-10-20(27)14-18)21-11-4-6-13-23(21)33-24/h3-14,17,24H,15-16H2,1-2H3,(H,28,30)/t17-,24-/m0/s1. The van der Waals surface area contributed by atoms with Crippen molar-refractivity contribution in [1.29, 1.82) is 0 Å². The fourth-order valence-electron chi connectivity index (χ4n) is 3.87. The van der Waals surface area contributed by atoms with E-state index in [9.17, 15) is 9.59 Å². The first-order valence-electron chi connectivity index (χ1n) is 10.7. The van der Waals surface area contributed by atoms with E-state index in [0.717, 1.165) is 27.5 Å². The molecule has 0 saturated carbocycles. The Hall–Kier alpha value is -2.96. The first-order valence-corrected chi connectivity index (χ1v) is 11.9. The van der Waals surface area contributed by atoms with Crippen molar-refractivity contribution >= 4 is 40.9 Å². The van der Waals surface area contributed by atoms with Crippen LogP contribution in [0.3, 0.4) is 0 Å². The zero-order valence-electron chi connectivity index (χ0n) is 18.5. The van der Waals surface area contributed by atoms with Crippen LogP contribution in [0.2, 0.25) is 5.02 Å². The second-order valence-corrected chi connectivity index (χ2v) is 9.50. The number of carbonyl (C=O) groups excluding carboxylic acids is 2. The highest BCUT2D eigenvalue weighted by atomic mass is 35.5. The second kappa shape index (κ2) is 10.3. The second-order valence-electron chi connectivity index (χ2n) is 7.88. The van der Waals surface area contributed by atoms with Gasteiger partial charge >= 0.3 is 0 Å². The number of fused-ring (bicyclic) bond motifs is 1. The summed E-state index contributed by atoms with van der Waals surface area (Å²) in [6, 6.07) is 22.8. The van der Waals surface area contributed by atoms with Crippen molar-refractivity contribution in [3.05, 3.63) is 88.9 Å². The molecule has 0 aromatic heterocycles. The molecule has 1 heterocycles. The van der Waals surface area contributed by atoms with Gasteiger partial charge in [-0.05, 0) is 35.9 Å². The van der Waals surface area contributed by atoms with Crippen molar-refractivity contribution in [2.75, 3.05) is 12.0 Å². The van der Waals surface area contributed by atoms with Gasteiger partial charge in [-0.25, -0.2) is 0 Å². The third-order valence-electron chi connectivity index (χ3n) is 5.66. The number of amides is 2. The van der Waals surface area contributed by atoms with Crippen LogP contribution >= 0.6 is 23.4 Å². The number of anilines is 1. The van der Waals surface area contributed by atoms with E-state index in [0.29, 0.717) is 18.1 Å². The lowest BCUT2D eigenvalue weighted by Crippen LogP contribution is -2.47. The molecule has 0 radical (unpaired) electrons. The number of methoxy groups -OCH3 is 1. The summed E-state index contributed by atoms with van der Waals surface area (Å²) >= 11 is 7.60. The van der Waals surface area contributed by atoms with E-state index in [2.05, 4.69) is 5.32 Å². The minimum Gasteiger partial charge on any atom is -0.496 e. The molecule has 0 bridgehead atoms. The van der Waals surface area contributed by atoms with Crippen LogP contribution in [0.25, 0.3) is 0 Å². The maximum Gasteiger partial charge on any atom is 0.241 e. The first kappa shape index (κ1) is 23.2. The first-order chi connectivity index (χ1) is 16.0. The monoisotopic (exact) mass is 480 g/mol. The molecule has 1 aliphatic heterocycles. The van der Waals surface area contributed by atoms with Gasteiger partial charge in [0.05, 0.1) is 25.3 Å². The van der Waals surface area contributed by atoms with Crippen molar-refractivity contribution in [3.63, 3.8) is 0 Å². The molecule has 0 fully saturated rings. The fraction of sp³-hybridized carbons (Fsp3) is 0.231. The topological polar surface area (TPSA) is 58.6 Å². The van der Waals surface area contributed by atoms with Gasteiger partial charge in [0.1, 0.15) is 11.0 Å². The van der Waals surface area contributed by atoms with Crippen molar-refractivity contribution in [2.45, 2.75) is 30.2 Å². The maximum atomic E-state index is 13.6. The Bertz CT molecular complexity index is 1170. The van der Waals surface area contributed by atoms with Crippen LogP contribution < -0.4 is 15.0 Å². The molecule has 170 valence electrons. The average Bonchev–Trinajstić information content (AvgIpc) is 2.84. The lowest BCUT2D eigenvalue weighted by molar-refractivity contribution is -0.128. The summed E-state index contributed by atoms with van der Waals surface area (Å²) in [5, 5.41) is 3.06. The van der Waals surface area contributed by atoms with E-state index in [4.69, 9.17) is 16.3 Å².